The second-order valence-electron chi connectivity index (χ2n) is 6.55. The number of amides is 3. The summed E-state index contributed by atoms with van der Waals surface area (Å²) in [5.41, 5.74) is 2.25. The second kappa shape index (κ2) is 9.70. The van der Waals surface area contributed by atoms with Crippen LogP contribution in [0.2, 0.25) is 0 Å². The minimum atomic E-state index is -0.260. The molecule has 0 spiro atoms. The van der Waals surface area contributed by atoms with Gasteiger partial charge in [-0.15, -0.1) is 0 Å². The Balaban J connectivity index is 1.56. The number of hydrogen-bond donors (Lipinski definition) is 3. The lowest BCUT2D eigenvalue weighted by Gasteiger charge is -2.27. The fraction of sp³-hybridized carbons (Fsp3) is 0.286. The number of nitrogens with zero attached hydrogens (tertiary/aromatic N) is 1. The van der Waals surface area contributed by atoms with Gasteiger partial charge in [0, 0.05) is 42.6 Å². The molecule has 1 heterocycles. The van der Waals surface area contributed by atoms with E-state index in [1.54, 1.807) is 60.5 Å². The van der Waals surface area contributed by atoms with Gasteiger partial charge in [0.2, 0.25) is 5.91 Å². The number of rotatable bonds is 6. The molecule has 3 rings (SSSR count). The van der Waals surface area contributed by atoms with Crippen molar-refractivity contribution in [2.45, 2.75) is 0 Å². The van der Waals surface area contributed by atoms with E-state index in [1.165, 1.54) is 0 Å². The molecule has 0 unspecified atom stereocenters. The van der Waals surface area contributed by atoms with Crippen LogP contribution >= 0.6 is 0 Å². The van der Waals surface area contributed by atoms with E-state index in [9.17, 15) is 14.4 Å². The lowest BCUT2D eigenvalue weighted by molar-refractivity contribution is -0.114. The van der Waals surface area contributed by atoms with Gasteiger partial charge in [0.1, 0.15) is 0 Å². The van der Waals surface area contributed by atoms with Crippen molar-refractivity contribution in [1.82, 2.24) is 10.2 Å². The molecule has 1 saturated heterocycles. The van der Waals surface area contributed by atoms with E-state index in [2.05, 4.69) is 16.0 Å². The van der Waals surface area contributed by atoms with Gasteiger partial charge in [-0.05, 0) is 36.4 Å². The van der Waals surface area contributed by atoms with Crippen LogP contribution in [0.3, 0.4) is 0 Å². The summed E-state index contributed by atoms with van der Waals surface area (Å²) in [5, 5.41) is 8.32. The summed E-state index contributed by atoms with van der Waals surface area (Å²) in [7, 11) is 1.55. The van der Waals surface area contributed by atoms with Crippen LogP contribution in [0.1, 0.15) is 20.7 Å². The predicted molar refractivity (Wildman–Crippen MR) is 110 cm³/mol. The van der Waals surface area contributed by atoms with Crippen LogP contribution in [0, 0.1) is 0 Å². The normalized spacial score (nSPS) is 13.5. The van der Waals surface area contributed by atoms with Crippen molar-refractivity contribution in [2.75, 3.05) is 50.5 Å². The zero-order valence-electron chi connectivity index (χ0n) is 16.2. The van der Waals surface area contributed by atoms with E-state index in [-0.39, 0.29) is 24.3 Å². The Hall–Kier alpha value is -3.39. The smallest absolute Gasteiger partial charge is 0.254 e. The summed E-state index contributed by atoms with van der Waals surface area (Å²) >= 11 is 0. The van der Waals surface area contributed by atoms with Gasteiger partial charge in [-0.2, -0.15) is 0 Å². The van der Waals surface area contributed by atoms with Gasteiger partial charge >= 0.3 is 0 Å². The molecule has 0 aliphatic carbocycles. The molecule has 0 saturated carbocycles. The first-order valence-corrected chi connectivity index (χ1v) is 9.40. The van der Waals surface area contributed by atoms with Crippen molar-refractivity contribution in [2.24, 2.45) is 0 Å². The number of anilines is 2. The van der Waals surface area contributed by atoms with Crippen LogP contribution in [0.25, 0.3) is 0 Å². The Morgan fingerprint density at radius 1 is 0.966 bits per heavy atom. The third-order valence-electron chi connectivity index (χ3n) is 4.50. The van der Waals surface area contributed by atoms with Crippen LogP contribution in [-0.4, -0.2) is 62.5 Å². The predicted octanol–water partition coefficient (Wildman–Crippen LogP) is 1.57. The fourth-order valence-electron chi connectivity index (χ4n) is 2.98. The highest BCUT2D eigenvalue weighted by molar-refractivity contribution is 5.98. The molecule has 0 bridgehead atoms. The average molecular weight is 396 g/mol. The summed E-state index contributed by atoms with van der Waals surface area (Å²) in [6, 6.07) is 13.8. The summed E-state index contributed by atoms with van der Waals surface area (Å²) in [5.74, 6) is -0.530. The van der Waals surface area contributed by atoms with Crippen LogP contribution in [0.4, 0.5) is 11.4 Å². The molecule has 0 aromatic heterocycles. The molecule has 3 N–H and O–H groups in total. The Kier molecular flexibility index (Phi) is 6.80. The molecule has 1 aliphatic heterocycles. The van der Waals surface area contributed by atoms with Gasteiger partial charge in [-0.3, -0.25) is 14.4 Å². The number of carbonyl (C=O) groups excluding carboxylic acids is 3. The first-order chi connectivity index (χ1) is 14.1. The Bertz CT molecular complexity index is 894. The van der Waals surface area contributed by atoms with Gasteiger partial charge < -0.3 is 25.6 Å². The maximum absolute atomic E-state index is 12.6. The highest BCUT2D eigenvalue weighted by atomic mass is 16.5. The topological polar surface area (TPSA) is 99.8 Å². The Morgan fingerprint density at radius 2 is 1.62 bits per heavy atom. The fourth-order valence-corrected chi connectivity index (χ4v) is 2.98. The first kappa shape index (κ1) is 20.3. The summed E-state index contributed by atoms with van der Waals surface area (Å²) in [6.07, 6.45) is 0. The van der Waals surface area contributed by atoms with E-state index in [0.717, 1.165) is 0 Å². The van der Waals surface area contributed by atoms with Crippen LogP contribution in [0.5, 0.6) is 0 Å². The minimum Gasteiger partial charge on any atom is -0.378 e. The molecule has 0 atom stereocenters. The number of benzene rings is 2. The molecule has 1 aliphatic rings. The van der Waals surface area contributed by atoms with Crippen molar-refractivity contribution in [3.05, 3.63) is 59.7 Å². The standard InChI is InChI=1S/C21H24N4O4/c1-22-20(27)15-4-2-7-18(12-15)24-19(26)14-23-17-6-3-5-16(13-17)21(28)25-8-10-29-11-9-25/h2-7,12-13,23H,8-11,14H2,1H3,(H,22,27)(H,24,26). The zero-order valence-corrected chi connectivity index (χ0v) is 16.2. The number of hydrogen-bond acceptors (Lipinski definition) is 5. The molecule has 29 heavy (non-hydrogen) atoms. The van der Waals surface area contributed by atoms with Crippen LogP contribution in [-0.2, 0) is 9.53 Å². The third-order valence-corrected chi connectivity index (χ3v) is 4.50. The van der Waals surface area contributed by atoms with Crippen molar-refractivity contribution in [3.63, 3.8) is 0 Å². The van der Waals surface area contributed by atoms with Gasteiger partial charge in [0.05, 0.1) is 19.8 Å². The minimum absolute atomic E-state index is 0.0272. The lowest BCUT2D eigenvalue weighted by Crippen LogP contribution is -2.40. The summed E-state index contributed by atoms with van der Waals surface area (Å²) < 4.78 is 5.28. The maximum Gasteiger partial charge on any atom is 0.254 e. The van der Waals surface area contributed by atoms with E-state index in [0.29, 0.717) is 48.8 Å². The lowest BCUT2D eigenvalue weighted by atomic mass is 10.1. The zero-order chi connectivity index (χ0) is 20.6. The van der Waals surface area contributed by atoms with Crippen molar-refractivity contribution < 1.29 is 19.1 Å². The number of carbonyl (C=O) groups is 3. The quantitative estimate of drug-likeness (QED) is 0.688. The van der Waals surface area contributed by atoms with Gasteiger partial charge in [-0.1, -0.05) is 12.1 Å². The molecule has 2 aromatic carbocycles. The van der Waals surface area contributed by atoms with E-state index in [1.807, 2.05) is 0 Å². The van der Waals surface area contributed by atoms with Gasteiger partial charge in [-0.25, -0.2) is 0 Å². The number of ether oxygens (including phenoxy) is 1. The third kappa shape index (κ3) is 5.55. The van der Waals surface area contributed by atoms with E-state index >= 15 is 0 Å². The van der Waals surface area contributed by atoms with E-state index < -0.39 is 0 Å². The number of nitrogens with one attached hydrogen (secondary N) is 3. The largest absolute Gasteiger partial charge is 0.378 e. The molecule has 8 nitrogen and oxygen atoms in total. The Labute approximate surface area is 169 Å². The van der Waals surface area contributed by atoms with Gasteiger partial charge in [0.25, 0.3) is 11.8 Å². The summed E-state index contributed by atoms with van der Waals surface area (Å²) in [6.45, 7) is 2.28. The highest BCUT2D eigenvalue weighted by Gasteiger charge is 2.18. The van der Waals surface area contributed by atoms with Crippen molar-refractivity contribution in [1.29, 1.82) is 0 Å². The molecular weight excluding hydrogens is 372 g/mol. The monoisotopic (exact) mass is 396 g/mol. The molecule has 8 heteroatoms. The van der Waals surface area contributed by atoms with Crippen LogP contribution in [0.15, 0.2) is 48.5 Å². The first-order valence-electron chi connectivity index (χ1n) is 9.40. The average Bonchev–Trinajstić information content (AvgIpc) is 2.77. The molecule has 2 aromatic rings. The molecular formula is C21H24N4O4. The number of morpholine rings is 1. The van der Waals surface area contributed by atoms with Crippen molar-refractivity contribution >= 4 is 29.1 Å². The molecule has 3 amide bonds. The molecule has 152 valence electrons. The van der Waals surface area contributed by atoms with E-state index in [4.69, 9.17) is 4.74 Å². The second-order valence-corrected chi connectivity index (χ2v) is 6.55. The Morgan fingerprint density at radius 3 is 2.34 bits per heavy atom. The SMILES string of the molecule is CNC(=O)c1cccc(NC(=O)CNc2cccc(C(=O)N3CCOCC3)c2)c1. The molecule has 1 fully saturated rings. The maximum atomic E-state index is 12.6. The summed E-state index contributed by atoms with van der Waals surface area (Å²) in [4.78, 5) is 38.3. The highest BCUT2D eigenvalue weighted by Crippen LogP contribution is 2.14. The van der Waals surface area contributed by atoms with Crippen LogP contribution < -0.4 is 16.0 Å². The van der Waals surface area contributed by atoms with Gasteiger partial charge in [0.15, 0.2) is 0 Å². The molecule has 0 radical (unpaired) electrons. The van der Waals surface area contributed by atoms with Crippen molar-refractivity contribution in [3.8, 4) is 0 Å².